The molecular weight excluding hydrogens is 148 g/mol. The van der Waals surface area contributed by atoms with E-state index in [-0.39, 0.29) is 0 Å². The summed E-state index contributed by atoms with van der Waals surface area (Å²) < 4.78 is 0. The number of hydrogen-bond acceptors (Lipinski definition) is 2. The van der Waals surface area contributed by atoms with Crippen LogP contribution in [0.15, 0.2) is 12.2 Å². The van der Waals surface area contributed by atoms with Crippen molar-refractivity contribution >= 4 is 0 Å². The van der Waals surface area contributed by atoms with Crippen LogP contribution in [0.4, 0.5) is 0 Å². The highest BCUT2D eigenvalue weighted by atomic mass is 15.1. The van der Waals surface area contributed by atoms with Gasteiger partial charge in [-0.05, 0) is 32.4 Å². The summed E-state index contributed by atoms with van der Waals surface area (Å²) in [7, 11) is 0. The Labute approximate surface area is 75.4 Å². The van der Waals surface area contributed by atoms with Crippen LogP contribution in [-0.2, 0) is 0 Å². The third kappa shape index (κ3) is 3.88. The summed E-state index contributed by atoms with van der Waals surface area (Å²) in [5.41, 5.74) is 5.42. The fourth-order valence-corrected chi connectivity index (χ4v) is 1.55. The normalized spacial score (nSPS) is 18.4. The molecule has 1 heterocycles. The zero-order valence-corrected chi connectivity index (χ0v) is 7.84. The number of unbranched alkanes of at least 4 members (excludes halogenated alkanes) is 2. The van der Waals surface area contributed by atoms with E-state index in [2.05, 4.69) is 17.1 Å². The molecule has 0 aliphatic carbocycles. The standard InChI is InChI=1S/C10H20N2/c11-7-3-1-4-8-12-9-5-2-6-10-12/h2,5H,1,3-4,6-11H2. The molecule has 0 spiro atoms. The van der Waals surface area contributed by atoms with E-state index in [0.29, 0.717) is 0 Å². The van der Waals surface area contributed by atoms with Gasteiger partial charge in [0.2, 0.25) is 0 Å². The second-order valence-electron chi connectivity index (χ2n) is 3.41. The van der Waals surface area contributed by atoms with Crippen LogP contribution in [0.25, 0.3) is 0 Å². The molecule has 0 fully saturated rings. The van der Waals surface area contributed by atoms with Gasteiger partial charge in [-0.3, -0.25) is 4.90 Å². The van der Waals surface area contributed by atoms with Crippen molar-refractivity contribution in [1.29, 1.82) is 0 Å². The molecule has 2 nitrogen and oxygen atoms in total. The summed E-state index contributed by atoms with van der Waals surface area (Å²) in [4.78, 5) is 2.51. The highest BCUT2D eigenvalue weighted by molar-refractivity contribution is 4.90. The van der Waals surface area contributed by atoms with Gasteiger partial charge in [0.1, 0.15) is 0 Å². The highest BCUT2D eigenvalue weighted by Gasteiger charge is 2.03. The van der Waals surface area contributed by atoms with Crippen LogP contribution in [0.5, 0.6) is 0 Å². The van der Waals surface area contributed by atoms with E-state index in [1.165, 1.54) is 38.8 Å². The van der Waals surface area contributed by atoms with Crippen molar-refractivity contribution in [1.82, 2.24) is 4.90 Å². The molecular formula is C10H20N2. The lowest BCUT2D eigenvalue weighted by molar-refractivity contribution is 0.291. The first kappa shape index (κ1) is 9.75. The van der Waals surface area contributed by atoms with Gasteiger partial charge in [0.25, 0.3) is 0 Å². The van der Waals surface area contributed by atoms with Gasteiger partial charge in [-0.25, -0.2) is 0 Å². The lowest BCUT2D eigenvalue weighted by atomic mass is 10.2. The largest absolute Gasteiger partial charge is 0.330 e. The fourth-order valence-electron chi connectivity index (χ4n) is 1.55. The minimum absolute atomic E-state index is 0.847. The summed E-state index contributed by atoms with van der Waals surface area (Å²) in [6.07, 6.45) is 9.56. The van der Waals surface area contributed by atoms with E-state index in [0.717, 1.165) is 13.1 Å². The average molecular weight is 168 g/mol. The van der Waals surface area contributed by atoms with E-state index in [9.17, 15) is 0 Å². The first-order valence-electron chi connectivity index (χ1n) is 5.01. The quantitative estimate of drug-likeness (QED) is 0.496. The van der Waals surface area contributed by atoms with Gasteiger partial charge < -0.3 is 5.73 Å². The maximum absolute atomic E-state index is 5.42. The molecule has 0 radical (unpaired) electrons. The van der Waals surface area contributed by atoms with Gasteiger partial charge in [0.15, 0.2) is 0 Å². The van der Waals surface area contributed by atoms with Crippen LogP contribution < -0.4 is 5.73 Å². The van der Waals surface area contributed by atoms with Gasteiger partial charge in [-0.1, -0.05) is 18.6 Å². The highest BCUT2D eigenvalue weighted by Crippen LogP contribution is 2.03. The van der Waals surface area contributed by atoms with Gasteiger partial charge >= 0.3 is 0 Å². The lowest BCUT2D eigenvalue weighted by Gasteiger charge is -2.22. The van der Waals surface area contributed by atoms with Crippen molar-refractivity contribution in [3.8, 4) is 0 Å². The molecule has 70 valence electrons. The Morgan fingerprint density at radius 1 is 1.17 bits per heavy atom. The molecule has 0 saturated heterocycles. The molecule has 0 aromatic carbocycles. The molecule has 1 aliphatic rings. The molecule has 0 unspecified atom stereocenters. The predicted molar refractivity (Wildman–Crippen MR) is 53.1 cm³/mol. The molecule has 1 rings (SSSR count). The molecule has 2 N–H and O–H groups in total. The van der Waals surface area contributed by atoms with E-state index in [4.69, 9.17) is 5.73 Å². The molecule has 0 saturated carbocycles. The van der Waals surface area contributed by atoms with E-state index < -0.39 is 0 Å². The van der Waals surface area contributed by atoms with E-state index in [1.54, 1.807) is 0 Å². The molecule has 0 atom stereocenters. The van der Waals surface area contributed by atoms with Crippen LogP contribution in [0.1, 0.15) is 25.7 Å². The minimum atomic E-state index is 0.847. The fraction of sp³-hybridized carbons (Fsp3) is 0.800. The van der Waals surface area contributed by atoms with Crippen molar-refractivity contribution in [3.63, 3.8) is 0 Å². The van der Waals surface area contributed by atoms with E-state index >= 15 is 0 Å². The van der Waals surface area contributed by atoms with Crippen molar-refractivity contribution in [2.75, 3.05) is 26.2 Å². The van der Waals surface area contributed by atoms with Crippen LogP contribution in [0.2, 0.25) is 0 Å². The number of nitrogens with zero attached hydrogens (tertiary/aromatic N) is 1. The Bertz CT molecular complexity index is 132. The second-order valence-corrected chi connectivity index (χ2v) is 3.41. The number of rotatable bonds is 5. The molecule has 1 aliphatic heterocycles. The minimum Gasteiger partial charge on any atom is -0.330 e. The monoisotopic (exact) mass is 168 g/mol. The number of hydrogen-bond donors (Lipinski definition) is 1. The molecule has 0 aromatic rings. The Morgan fingerprint density at radius 2 is 2.08 bits per heavy atom. The Hall–Kier alpha value is -0.340. The van der Waals surface area contributed by atoms with Crippen molar-refractivity contribution in [2.45, 2.75) is 25.7 Å². The predicted octanol–water partition coefficient (Wildman–Crippen LogP) is 1.38. The topological polar surface area (TPSA) is 29.3 Å². The summed E-state index contributed by atoms with van der Waals surface area (Å²) in [5, 5.41) is 0. The second kappa shape index (κ2) is 6.21. The molecule has 0 amide bonds. The van der Waals surface area contributed by atoms with Gasteiger partial charge in [-0.15, -0.1) is 0 Å². The Kier molecular flexibility index (Phi) is 5.04. The van der Waals surface area contributed by atoms with Crippen LogP contribution in [0.3, 0.4) is 0 Å². The third-order valence-electron chi connectivity index (χ3n) is 2.32. The Balaban J connectivity index is 1.95. The maximum Gasteiger partial charge on any atom is 0.0163 e. The zero-order valence-electron chi connectivity index (χ0n) is 7.84. The number of nitrogens with two attached hydrogens (primary N) is 1. The third-order valence-corrected chi connectivity index (χ3v) is 2.32. The zero-order chi connectivity index (χ0) is 8.65. The van der Waals surface area contributed by atoms with Crippen LogP contribution in [0, 0.1) is 0 Å². The van der Waals surface area contributed by atoms with Gasteiger partial charge in [0, 0.05) is 13.1 Å². The summed E-state index contributed by atoms with van der Waals surface area (Å²) in [5.74, 6) is 0. The SMILES string of the molecule is NCCCCCN1CC=CCC1. The molecule has 0 bridgehead atoms. The molecule has 12 heavy (non-hydrogen) atoms. The smallest absolute Gasteiger partial charge is 0.0163 e. The maximum atomic E-state index is 5.42. The summed E-state index contributed by atoms with van der Waals surface area (Å²) in [6, 6.07) is 0. The summed E-state index contributed by atoms with van der Waals surface area (Å²) >= 11 is 0. The van der Waals surface area contributed by atoms with E-state index in [1.807, 2.05) is 0 Å². The average Bonchev–Trinajstić information content (AvgIpc) is 2.14. The lowest BCUT2D eigenvalue weighted by Crippen LogP contribution is -2.28. The first-order chi connectivity index (χ1) is 5.93. The van der Waals surface area contributed by atoms with Crippen molar-refractivity contribution in [2.24, 2.45) is 5.73 Å². The molecule has 2 heteroatoms. The first-order valence-corrected chi connectivity index (χ1v) is 5.01. The van der Waals surface area contributed by atoms with Crippen LogP contribution >= 0.6 is 0 Å². The summed E-state index contributed by atoms with van der Waals surface area (Å²) in [6.45, 7) is 4.51. The van der Waals surface area contributed by atoms with Crippen molar-refractivity contribution in [3.05, 3.63) is 12.2 Å². The van der Waals surface area contributed by atoms with Gasteiger partial charge in [0.05, 0.1) is 0 Å². The van der Waals surface area contributed by atoms with Crippen LogP contribution in [-0.4, -0.2) is 31.1 Å². The van der Waals surface area contributed by atoms with Crippen molar-refractivity contribution < 1.29 is 0 Å². The Morgan fingerprint density at radius 3 is 2.75 bits per heavy atom. The molecule has 0 aromatic heterocycles. The van der Waals surface area contributed by atoms with Gasteiger partial charge in [-0.2, -0.15) is 0 Å².